The maximum atomic E-state index is 13.0. The summed E-state index contributed by atoms with van der Waals surface area (Å²) in [6.07, 6.45) is 0.779. The fourth-order valence-electron chi connectivity index (χ4n) is 1.81. The molecule has 0 aromatic heterocycles. The fourth-order valence-corrected chi connectivity index (χ4v) is 2.34. The quantitative estimate of drug-likeness (QED) is 0.730. The van der Waals surface area contributed by atoms with E-state index in [1.807, 2.05) is 0 Å². The monoisotopic (exact) mass is 296 g/mol. The minimum absolute atomic E-state index is 0.0614. The maximum Gasteiger partial charge on any atom is 0.163 e. The zero-order chi connectivity index (χ0) is 13.8. The van der Waals surface area contributed by atoms with E-state index in [2.05, 4.69) is 0 Å². The predicted octanol–water partition coefficient (Wildman–Crippen LogP) is 4.95. The predicted molar refractivity (Wildman–Crippen MR) is 75.5 cm³/mol. The maximum absolute atomic E-state index is 13.0. The van der Waals surface area contributed by atoms with E-state index < -0.39 is 0 Å². The lowest BCUT2D eigenvalue weighted by Gasteiger charge is -2.03. The van der Waals surface area contributed by atoms with Crippen molar-refractivity contribution >= 4 is 29.0 Å². The number of carbonyl (C=O) groups excluding carboxylic acids is 1. The summed E-state index contributed by atoms with van der Waals surface area (Å²) in [5.74, 6) is -0.357. The molecule has 0 atom stereocenters. The van der Waals surface area contributed by atoms with Crippen molar-refractivity contribution in [3.8, 4) is 0 Å². The largest absolute Gasteiger partial charge is 0.294 e. The Labute approximate surface area is 121 Å². The molecule has 0 unspecified atom stereocenters. The molecular weight excluding hydrogens is 286 g/mol. The molecule has 2 aromatic carbocycles. The Morgan fingerprint density at radius 3 is 2.37 bits per heavy atom. The van der Waals surface area contributed by atoms with Gasteiger partial charge in [0.2, 0.25) is 0 Å². The van der Waals surface area contributed by atoms with Crippen LogP contribution >= 0.6 is 23.2 Å². The number of benzene rings is 2. The molecule has 0 saturated heterocycles. The van der Waals surface area contributed by atoms with Gasteiger partial charge in [-0.15, -0.1) is 0 Å². The van der Waals surface area contributed by atoms with Crippen LogP contribution in [0.3, 0.4) is 0 Å². The van der Waals surface area contributed by atoms with Crippen molar-refractivity contribution in [2.75, 3.05) is 0 Å². The van der Waals surface area contributed by atoms with E-state index in [1.54, 1.807) is 30.3 Å². The van der Waals surface area contributed by atoms with Crippen LogP contribution in [0.1, 0.15) is 22.3 Å². The molecule has 0 aliphatic heterocycles. The molecule has 0 N–H and O–H groups in total. The molecule has 0 heterocycles. The van der Waals surface area contributed by atoms with E-state index in [4.69, 9.17) is 23.2 Å². The van der Waals surface area contributed by atoms with Gasteiger partial charge in [-0.1, -0.05) is 35.3 Å². The highest BCUT2D eigenvalue weighted by Crippen LogP contribution is 2.20. The third-order valence-electron chi connectivity index (χ3n) is 2.71. The molecule has 4 heteroatoms. The van der Waals surface area contributed by atoms with Gasteiger partial charge in [0.1, 0.15) is 5.82 Å². The van der Waals surface area contributed by atoms with Crippen molar-refractivity contribution in [1.29, 1.82) is 0 Å². The minimum atomic E-state index is -0.296. The first-order chi connectivity index (χ1) is 9.04. The van der Waals surface area contributed by atoms with E-state index >= 15 is 0 Å². The normalized spacial score (nSPS) is 10.5. The summed E-state index contributed by atoms with van der Waals surface area (Å²) in [4.78, 5) is 12.0. The van der Waals surface area contributed by atoms with E-state index in [0.29, 0.717) is 28.5 Å². The number of ketones is 1. The average Bonchev–Trinajstić information content (AvgIpc) is 2.35. The lowest BCUT2D eigenvalue weighted by molar-refractivity contribution is 0.0983. The van der Waals surface area contributed by atoms with Gasteiger partial charge in [-0.25, -0.2) is 4.39 Å². The third kappa shape index (κ3) is 4.05. The Hall–Kier alpha value is -1.38. The van der Waals surface area contributed by atoms with Gasteiger partial charge in [0.15, 0.2) is 5.78 Å². The Morgan fingerprint density at radius 2 is 1.74 bits per heavy atom. The van der Waals surface area contributed by atoms with Gasteiger partial charge in [0.05, 0.1) is 0 Å². The Kier molecular flexibility index (Phi) is 4.56. The van der Waals surface area contributed by atoms with E-state index in [0.717, 1.165) is 5.56 Å². The van der Waals surface area contributed by atoms with Crippen molar-refractivity contribution < 1.29 is 9.18 Å². The molecule has 2 rings (SSSR count). The van der Waals surface area contributed by atoms with Gasteiger partial charge in [0.25, 0.3) is 0 Å². The number of halogens is 3. The molecule has 0 bridgehead atoms. The van der Waals surface area contributed by atoms with Crippen LogP contribution in [0, 0.1) is 5.82 Å². The number of rotatable bonds is 4. The number of hydrogen-bond donors (Lipinski definition) is 0. The molecule has 0 spiro atoms. The summed E-state index contributed by atoms with van der Waals surface area (Å²) in [5.41, 5.74) is 1.27. The molecule has 0 radical (unpaired) electrons. The molecule has 0 amide bonds. The highest BCUT2D eigenvalue weighted by Gasteiger charge is 2.08. The van der Waals surface area contributed by atoms with Crippen molar-refractivity contribution in [2.45, 2.75) is 12.8 Å². The van der Waals surface area contributed by atoms with Crippen LogP contribution < -0.4 is 0 Å². The zero-order valence-electron chi connectivity index (χ0n) is 10.00. The second-order valence-electron chi connectivity index (χ2n) is 4.21. The molecule has 0 fully saturated rings. The van der Waals surface area contributed by atoms with Gasteiger partial charge in [-0.05, 0) is 42.3 Å². The van der Waals surface area contributed by atoms with Crippen LogP contribution in [-0.2, 0) is 6.42 Å². The van der Waals surface area contributed by atoms with E-state index in [9.17, 15) is 9.18 Å². The summed E-state index contributed by atoms with van der Waals surface area (Å²) in [6, 6.07) is 11.0. The average molecular weight is 297 g/mol. The molecule has 0 saturated carbocycles. The fraction of sp³-hybridized carbons (Fsp3) is 0.133. The standard InChI is InChI=1S/C15H11Cl2FO/c16-12-7-11(8-13(17)9-12)15(19)5-4-10-2-1-3-14(18)6-10/h1-3,6-9H,4-5H2. The highest BCUT2D eigenvalue weighted by atomic mass is 35.5. The van der Waals surface area contributed by atoms with Crippen LogP contribution in [0.2, 0.25) is 10.0 Å². The zero-order valence-corrected chi connectivity index (χ0v) is 11.5. The van der Waals surface area contributed by atoms with Crippen molar-refractivity contribution in [3.05, 3.63) is 69.5 Å². The summed E-state index contributed by atoms with van der Waals surface area (Å²) in [6.45, 7) is 0. The smallest absolute Gasteiger partial charge is 0.163 e. The Balaban J connectivity index is 2.05. The van der Waals surface area contributed by atoms with Crippen LogP contribution in [-0.4, -0.2) is 5.78 Å². The van der Waals surface area contributed by atoms with Crippen molar-refractivity contribution in [1.82, 2.24) is 0 Å². The van der Waals surface area contributed by atoms with Crippen LogP contribution in [0.25, 0.3) is 0 Å². The van der Waals surface area contributed by atoms with Crippen LogP contribution in [0.5, 0.6) is 0 Å². The first-order valence-corrected chi connectivity index (χ1v) is 6.54. The molecule has 98 valence electrons. The molecule has 2 aromatic rings. The number of Topliss-reactive ketones (excluding diaryl/α,β-unsaturated/α-hetero) is 1. The first-order valence-electron chi connectivity index (χ1n) is 5.78. The van der Waals surface area contributed by atoms with Crippen molar-refractivity contribution in [3.63, 3.8) is 0 Å². The first kappa shape index (κ1) is 14.0. The van der Waals surface area contributed by atoms with Crippen molar-refractivity contribution in [2.24, 2.45) is 0 Å². The summed E-state index contributed by atoms with van der Waals surface area (Å²) in [7, 11) is 0. The summed E-state index contributed by atoms with van der Waals surface area (Å²) >= 11 is 11.7. The topological polar surface area (TPSA) is 17.1 Å². The molecule has 0 aliphatic rings. The van der Waals surface area contributed by atoms with Crippen LogP contribution in [0.4, 0.5) is 4.39 Å². The third-order valence-corrected chi connectivity index (χ3v) is 3.15. The van der Waals surface area contributed by atoms with Gasteiger partial charge in [0, 0.05) is 22.0 Å². The number of hydrogen-bond acceptors (Lipinski definition) is 1. The summed E-state index contributed by atoms with van der Waals surface area (Å²) < 4.78 is 13.0. The second kappa shape index (κ2) is 6.18. The molecule has 1 nitrogen and oxygen atoms in total. The number of aryl methyl sites for hydroxylation is 1. The lowest BCUT2D eigenvalue weighted by atomic mass is 10.0. The van der Waals surface area contributed by atoms with Gasteiger partial charge < -0.3 is 0 Å². The Morgan fingerprint density at radius 1 is 1.05 bits per heavy atom. The molecular formula is C15H11Cl2FO. The molecule has 0 aliphatic carbocycles. The lowest BCUT2D eigenvalue weighted by Crippen LogP contribution is -2.01. The highest BCUT2D eigenvalue weighted by molar-refractivity contribution is 6.35. The SMILES string of the molecule is O=C(CCc1cccc(F)c1)c1cc(Cl)cc(Cl)c1. The second-order valence-corrected chi connectivity index (χ2v) is 5.08. The Bertz CT molecular complexity index is 591. The van der Waals surface area contributed by atoms with E-state index in [-0.39, 0.29) is 11.6 Å². The summed E-state index contributed by atoms with van der Waals surface area (Å²) in [5, 5.41) is 0.864. The van der Waals surface area contributed by atoms with Gasteiger partial charge >= 0.3 is 0 Å². The molecule has 19 heavy (non-hydrogen) atoms. The van der Waals surface area contributed by atoms with Gasteiger partial charge in [-0.3, -0.25) is 4.79 Å². The van der Waals surface area contributed by atoms with Gasteiger partial charge in [-0.2, -0.15) is 0 Å². The number of carbonyl (C=O) groups is 1. The van der Waals surface area contributed by atoms with Crippen LogP contribution in [0.15, 0.2) is 42.5 Å². The van der Waals surface area contributed by atoms with E-state index in [1.165, 1.54) is 12.1 Å². The minimum Gasteiger partial charge on any atom is -0.294 e.